The van der Waals surface area contributed by atoms with Crippen LogP contribution in [0.5, 0.6) is 0 Å². The van der Waals surface area contributed by atoms with E-state index in [1.807, 2.05) is 0 Å². The number of aromatic nitrogens is 1. The Kier molecular flexibility index (Phi) is 5.53. The quantitative estimate of drug-likeness (QED) is 0.327. The van der Waals surface area contributed by atoms with Crippen molar-refractivity contribution in [1.82, 2.24) is 9.88 Å². The van der Waals surface area contributed by atoms with E-state index in [2.05, 4.69) is 10.6 Å². The van der Waals surface area contributed by atoms with Crippen molar-refractivity contribution in [2.45, 2.75) is 6.54 Å². The lowest BCUT2D eigenvalue weighted by atomic mass is 10.2. The van der Waals surface area contributed by atoms with Crippen LogP contribution in [-0.4, -0.2) is 33.4 Å². The molecular weight excluding hydrogens is 386 g/mol. The summed E-state index contributed by atoms with van der Waals surface area (Å²) in [4.78, 5) is 44.7. The average Bonchev–Trinajstić information content (AvgIpc) is 2.99. The van der Waals surface area contributed by atoms with Crippen LogP contribution < -0.4 is 16.4 Å². The van der Waals surface area contributed by atoms with Crippen molar-refractivity contribution in [3.63, 3.8) is 0 Å². The van der Waals surface area contributed by atoms with Crippen molar-refractivity contribution in [2.24, 2.45) is 0 Å². The Labute approximate surface area is 162 Å². The summed E-state index contributed by atoms with van der Waals surface area (Å²) in [5, 5.41) is 27.2. The number of nitrogens with zero attached hydrogens (tertiary/aromatic N) is 3. The first-order valence-electron chi connectivity index (χ1n) is 8.38. The van der Waals surface area contributed by atoms with Gasteiger partial charge in [0.15, 0.2) is 5.58 Å². The molecule has 0 fully saturated rings. The van der Waals surface area contributed by atoms with Crippen molar-refractivity contribution in [2.75, 3.05) is 18.4 Å². The van der Waals surface area contributed by atoms with Crippen molar-refractivity contribution in [3.8, 4) is 0 Å². The number of hydrogen-bond donors (Lipinski definition) is 2. The standard InChI is InChI=1S/C17H15N5O7/c23-16(19-8-7-18-12-3-1-2-4-13(12)22(27)28)10-20-14-6-5-11(21(25)26)9-15(14)29-17(20)24/h1-6,9,18H,7-8,10H2,(H,19,23). The maximum absolute atomic E-state index is 12.1. The molecular formula is C17H15N5O7. The zero-order chi connectivity index (χ0) is 21.0. The number of anilines is 1. The SMILES string of the molecule is O=C(Cn1c(=O)oc2cc([N+](=O)[O-])ccc21)NCCNc1ccccc1[N+](=O)[O-]. The van der Waals surface area contributed by atoms with Gasteiger partial charge in [-0.25, -0.2) is 4.79 Å². The second kappa shape index (κ2) is 8.21. The molecule has 0 spiro atoms. The third-order valence-corrected chi connectivity index (χ3v) is 4.03. The van der Waals surface area contributed by atoms with Gasteiger partial charge in [0.1, 0.15) is 12.2 Å². The third-order valence-electron chi connectivity index (χ3n) is 4.03. The molecule has 2 N–H and O–H groups in total. The van der Waals surface area contributed by atoms with E-state index < -0.39 is 21.5 Å². The molecule has 0 atom stereocenters. The second-order valence-corrected chi connectivity index (χ2v) is 5.91. The summed E-state index contributed by atoms with van der Waals surface area (Å²) >= 11 is 0. The molecule has 0 saturated carbocycles. The van der Waals surface area contributed by atoms with Crippen LogP contribution in [0.25, 0.3) is 11.1 Å². The highest BCUT2D eigenvalue weighted by atomic mass is 16.6. The molecule has 12 heteroatoms. The summed E-state index contributed by atoms with van der Waals surface area (Å²) < 4.78 is 6.02. The van der Waals surface area contributed by atoms with Crippen LogP contribution in [0.4, 0.5) is 17.1 Å². The fourth-order valence-corrected chi connectivity index (χ4v) is 2.70. The molecule has 0 bridgehead atoms. The number of para-hydroxylation sites is 2. The Morgan fingerprint density at radius 3 is 2.55 bits per heavy atom. The summed E-state index contributed by atoms with van der Waals surface area (Å²) in [6.45, 7) is 0.0415. The highest BCUT2D eigenvalue weighted by Crippen LogP contribution is 2.22. The summed E-state index contributed by atoms with van der Waals surface area (Å²) in [6.07, 6.45) is 0. The maximum atomic E-state index is 12.1. The first-order valence-corrected chi connectivity index (χ1v) is 8.38. The Bertz CT molecular complexity index is 1150. The number of nitro groups is 2. The third kappa shape index (κ3) is 4.37. The molecule has 3 aromatic rings. The van der Waals surface area contributed by atoms with Gasteiger partial charge in [0, 0.05) is 25.2 Å². The van der Waals surface area contributed by atoms with E-state index >= 15 is 0 Å². The first-order chi connectivity index (χ1) is 13.9. The molecule has 0 aliphatic carbocycles. The predicted molar refractivity (Wildman–Crippen MR) is 102 cm³/mol. The fraction of sp³-hybridized carbons (Fsp3) is 0.176. The zero-order valence-corrected chi connectivity index (χ0v) is 14.9. The summed E-state index contributed by atoms with van der Waals surface area (Å²) in [7, 11) is 0. The molecule has 1 heterocycles. The van der Waals surface area contributed by atoms with Gasteiger partial charge >= 0.3 is 5.76 Å². The Hall–Kier alpha value is -4.22. The van der Waals surface area contributed by atoms with Crippen molar-refractivity contribution < 1.29 is 19.1 Å². The van der Waals surface area contributed by atoms with E-state index in [1.165, 1.54) is 18.2 Å². The molecule has 0 aliphatic heterocycles. The number of nitro benzene ring substituents is 2. The van der Waals surface area contributed by atoms with Gasteiger partial charge in [-0.1, -0.05) is 12.1 Å². The normalized spacial score (nSPS) is 10.6. The van der Waals surface area contributed by atoms with E-state index in [1.54, 1.807) is 18.2 Å². The molecule has 150 valence electrons. The van der Waals surface area contributed by atoms with E-state index in [-0.39, 0.29) is 42.1 Å². The molecule has 1 aromatic heterocycles. The van der Waals surface area contributed by atoms with E-state index in [0.717, 1.165) is 10.6 Å². The lowest BCUT2D eigenvalue weighted by Gasteiger charge is -2.08. The molecule has 0 saturated heterocycles. The maximum Gasteiger partial charge on any atom is 0.420 e. The Morgan fingerprint density at radius 1 is 1.07 bits per heavy atom. The minimum absolute atomic E-state index is 0.00931. The lowest BCUT2D eigenvalue weighted by molar-refractivity contribution is -0.384. The fourth-order valence-electron chi connectivity index (χ4n) is 2.70. The van der Waals surface area contributed by atoms with Gasteiger partial charge < -0.3 is 15.1 Å². The number of rotatable bonds is 8. The molecule has 29 heavy (non-hydrogen) atoms. The summed E-state index contributed by atoms with van der Waals surface area (Å²) in [5.41, 5.74) is 0.280. The lowest BCUT2D eigenvalue weighted by Crippen LogP contribution is -2.33. The molecule has 0 aliphatic rings. The number of amides is 1. The number of benzene rings is 2. The van der Waals surface area contributed by atoms with Gasteiger partial charge in [-0.05, 0) is 12.1 Å². The number of hydrogen-bond acceptors (Lipinski definition) is 8. The Morgan fingerprint density at radius 2 is 1.83 bits per heavy atom. The highest BCUT2D eigenvalue weighted by Gasteiger charge is 2.16. The largest absolute Gasteiger partial charge is 0.420 e. The van der Waals surface area contributed by atoms with Crippen molar-refractivity contribution in [1.29, 1.82) is 0 Å². The average molecular weight is 401 g/mol. The number of oxazole rings is 1. The van der Waals surface area contributed by atoms with Gasteiger partial charge in [-0.15, -0.1) is 0 Å². The number of carbonyl (C=O) groups is 1. The number of nitrogens with one attached hydrogen (secondary N) is 2. The minimum atomic E-state index is -0.811. The minimum Gasteiger partial charge on any atom is -0.407 e. The van der Waals surface area contributed by atoms with E-state index in [9.17, 15) is 29.8 Å². The zero-order valence-electron chi connectivity index (χ0n) is 14.9. The van der Waals surface area contributed by atoms with Gasteiger partial charge in [-0.2, -0.15) is 0 Å². The molecule has 0 unspecified atom stereocenters. The van der Waals surface area contributed by atoms with Gasteiger partial charge in [0.2, 0.25) is 5.91 Å². The van der Waals surface area contributed by atoms with Crippen LogP contribution >= 0.6 is 0 Å². The number of carbonyl (C=O) groups excluding carboxylic acids is 1. The summed E-state index contributed by atoms with van der Waals surface area (Å²) in [6, 6.07) is 9.77. The molecule has 0 radical (unpaired) electrons. The van der Waals surface area contributed by atoms with E-state index in [4.69, 9.17) is 4.42 Å². The van der Waals surface area contributed by atoms with Crippen LogP contribution in [0.2, 0.25) is 0 Å². The number of fused-ring (bicyclic) bond motifs is 1. The van der Waals surface area contributed by atoms with Crippen LogP contribution in [-0.2, 0) is 11.3 Å². The van der Waals surface area contributed by atoms with Gasteiger partial charge in [-0.3, -0.25) is 29.6 Å². The monoisotopic (exact) mass is 401 g/mol. The van der Waals surface area contributed by atoms with E-state index in [0.29, 0.717) is 5.69 Å². The summed E-state index contributed by atoms with van der Waals surface area (Å²) in [5.74, 6) is -1.30. The van der Waals surface area contributed by atoms with Crippen LogP contribution in [0.3, 0.4) is 0 Å². The van der Waals surface area contributed by atoms with Gasteiger partial charge in [0.25, 0.3) is 11.4 Å². The molecule has 12 nitrogen and oxygen atoms in total. The number of non-ortho nitro benzene ring substituents is 1. The van der Waals surface area contributed by atoms with Crippen LogP contribution in [0.15, 0.2) is 51.7 Å². The molecule has 1 amide bonds. The van der Waals surface area contributed by atoms with Crippen LogP contribution in [0, 0.1) is 20.2 Å². The van der Waals surface area contributed by atoms with Crippen molar-refractivity contribution >= 4 is 34.1 Å². The first kappa shape index (κ1) is 19.5. The van der Waals surface area contributed by atoms with Gasteiger partial charge in [0.05, 0.1) is 21.4 Å². The smallest absolute Gasteiger partial charge is 0.407 e. The molecule has 3 rings (SSSR count). The second-order valence-electron chi connectivity index (χ2n) is 5.91. The predicted octanol–water partition coefficient (Wildman–Crippen LogP) is 1.64. The Balaban J connectivity index is 1.59. The molecule has 2 aromatic carbocycles. The van der Waals surface area contributed by atoms with Crippen molar-refractivity contribution in [3.05, 3.63) is 73.2 Å². The van der Waals surface area contributed by atoms with Crippen LogP contribution in [0.1, 0.15) is 0 Å². The highest BCUT2D eigenvalue weighted by molar-refractivity contribution is 5.80. The topological polar surface area (TPSA) is 163 Å².